The van der Waals surface area contributed by atoms with Crippen LogP contribution in [-0.2, 0) is 14.3 Å². The topological polar surface area (TPSA) is 66.9 Å². The van der Waals surface area contributed by atoms with Gasteiger partial charge in [0.05, 0.1) is 17.9 Å². The van der Waals surface area contributed by atoms with Crippen LogP contribution in [0.3, 0.4) is 0 Å². The number of hydrogen-bond acceptors (Lipinski definition) is 6. The van der Waals surface area contributed by atoms with Crippen molar-refractivity contribution in [2.75, 3.05) is 23.5 Å². The highest BCUT2D eigenvalue weighted by Crippen LogP contribution is 2.40. The average Bonchev–Trinajstić information content (AvgIpc) is 3.12. The molecule has 0 aliphatic carbocycles. The van der Waals surface area contributed by atoms with Gasteiger partial charge in [-0.1, -0.05) is 66.7 Å². The summed E-state index contributed by atoms with van der Waals surface area (Å²) < 4.78 is 5.31. The lowest BCUT2D eigenvalue weighted by Crippen LogP contribution is -2.35. The van der Waals surface area contributed by atoms with Crippen molar-refractivity contribution in [1.29, 1.82) is 0 Å². The van der Waals surface area contributed by atoms with Crippen LogP contribution < -0.4 is 9.80 Å². The number of para-hydroxylation sites is 2. The number of imide groups is 1. The van der Waals surface area contributed by atoms with Gasteiger partial charge < -0.3 is 9.64 Å². The van der Waals surface area contributed by atoms with Crippen molar-refractivity contribution in [1.82, 2.24) is 0 Å². The van der Waals surface area contributed by atoms with Crippen molar-refractivity contribution in [2.24, 2.45) is 0 Å². The fourth-order valence-corrected chi connectivity index (χ4v) is 4.73. The summed E-state index contributed by atoms with van der Waals surface area (Å²) in [7, 11) is 1.76. The summed E-state index contributed by atoms with van der Waals surface area (Å²) in [5.74, 6) is -1.54. The third kappa shape index (κ3) is 5.00. The molecular formula is C28H26N2O4S. The molecule has 35 heavy (non-hydrogen) atoms. The Hall–Kier alpha value is -3.84. The van der Waals surface area contributed by atoms with E-state index >= 15 is 0 Å². The minimum absolute atomic E-state index is 0.172. The van der Waals surface area contributed by atoms with E-state index in [0.717, 1.165) is 21.0 Å². The van der Waals surface area contributed by atoms with Crippen molar-refractivity contribution in [3.8, 4) is 0 Å². The number of aryl methyl sites for hydroxylation is 1. The summed E-state index contributed by atoms with van der Waals surface area (Å²) >= 11 is 1.24. The van der Waals surface area contributed by atoms with E-state index in [1.165, 1.54) is 11.8 Å². The zero-order valence-electron chi connectivity index (χ0n) is 19.9. The molecule has 2 amide bonds. The van der Waals surface area contributed by atoms with E-state index in [0.29, 0.717) is 11.3 Å². The number of rotatable bonds is 8. The van der Waals surface area contributed by atoms with Gasteiger partial charge in [-0.05, 0) is 49.7 Å². The van der Waals surface area contributed by atoms with Crippen molar-refractivity contribution >= 4 is 40.9 Å². The maximum atomic E-state index is 13.8. The minimum Gasteiger partial charge on any atom is -0.462 e. The van der Waals surface area contributed by atoms with Crippen molar-refractivity contribution in [3.63, 3.8) is 0 Å². The number of nitrogens with zero attached hydrogens (tertiary/aromatic N) is 2. The molecule has 3 aromatic carbocycles. The number of ether oxygens (including phenoxy) is 1. The Morgan fingerprint density at radius 2 is 1.57 bits per heavy atom. The first-order chi connectivity index (χ1) is 16.9. The second kappa shape index (κ2) is 10.6. The number of thioether (sulfide) groups is 1. The van der Waals surface area contributed by atoms with E-state index in [9.17, 15) is 14.4 Å². The van der Waals surface area contributed by atoms with Gasteiger partial charge in [0, 0.05) is 17.6 Å². The first kappa shape index (κ1) is 24.3. The van der Waals surface area contributed by atoms with Crippen molar-refractivity contribution in [2.45, 2.75) is 25.2 Å². The molecule has 1 aliphatic rings. The molecule has 0 bridgehead atoms. The normalized spacial score (nSPS) is 13.4. The number of amides is 2. The number of carbonyl (C=O) groups excluding carboxylic acids is 3. The highest BCUT2D eigenvalue weighted by molar-refractivity contribution is 8.04. The van der Waals surface area contributed by atoms with E-state index in [-0.39, 0.29) is 23.6 Å². The van der Waals surface area contributed by atoms with Gasteiger partial charge in [0.2, 0.25) is 0 Å². The Bertz CT molecular complexity index is 1290. The standard InChI is InChI=1S/C28H26N2O4S/c1-4-18-34-28(33)22-12-8-9-13-23(22)30-26(31)24(29(3)20-10-6-5-7-11-20)25(27(30)32)35-21-16-14-19(2)15-17-21/h5-17H,4,18H2,1-3H3. The predicted molar refractivity (Wildman–Crippen MR) is 138 cm³/mol. The Balaban J connectivity index is 1.79. The number of esters is 1. The molecule has 4 rings (SSSR count). The molecule has 1 heterocycles. The van der Waals surface area contributed by atoms with Crippen LogP contribution >= 0.6 is 11.8 Å². The number of benzene rings is 3. The van der Waals surface area contributed by atoms with Crippen LogP contribution in [-0.4, -0.2) is 31.4 Å². The first-order valence-corrected chi connectivity index (χ1v) is 12.2. The van der Waals surface area contributed by atoms with Gasteiger partial charge in [-0.25, -0.2) is 9.69 Å². The van der Waals surface area contributed by atoms with Gasteiger partial charge in [-0.15, -0.1) is 0 Å². The van der Waals surface area contributed by atoms with Gasteiger partial charge in [-0.3, -0.25) is 9.59 Å². The average molecular weight is 487 g/mol. The molecule has 6 nitrogen and oxygen atoms in total. The summed E-state index contributed by atoms with van der Waals surface area (Å²) in [6.45, 7) is 4.14. The van der Waals surface area contributed by atoms with Crippen LogP contribution in [0.1, 0.15) is 29.3 Å². The Morgan fingerprint density at radius 3 is 2.26 bits per heavy atom. The van der Waals surface area contributed by atoms with Gasteiger partial charge in [-0.2, -0.15) is 0 Å². The molecule has 0 atom stereocenters. The third-order valence-corrected chi connectivity index (χ3v) is 6.62. The van der Waals surface area contributed by atoms with Crippen LogP contribution in [0.25, 0.3) is 0 Å². The lowest BCUT2D eigenvalue weighted by atomic mass is 10.1. The van der Waals surface area contributed by atoms with Crippen LogP contribution in [0.4, 0.5) is 11.4 Å². The molecule has 7 heteroatoms. The zero-order chi connectivity index (χ0) is 24.9. The van der Waals surface area contributed by atoms with Gasteiger partial charge in [0.1, 0.15) is 10.6 Å². The maximum Gasteiger partial charge on any atom is 0.340 e. The second-order valence-corrected chi connectivity index (χ2v) is 9.17. The zero-order valence-corrected chi connectivity index (χ0v) is 20.7. The maximum absolute atomic E-state index is 13.8. The SMILES string of the molecule is CCCOC(=O)c1ccccc1N1C(=O)C(Sc2ccc(C)cc2)=C(N(C)c2ccccc2)C1=O. The molecule has 0 fully saturated rings. The summed E-state index contributed by atoms with van der Waals surface area (Å²) in [6, 6.07) is 23.7. The van der Waals surface area contributed by atoms with Gasteiger partial charge in [0.25, 0.3) is 11.8 Å². The van der Waals surface area contributed by atoms with Crippen LogP contribution in [0.5, 0.6) is 0 Å². The molecule has 0 saturated carbocycles. The van der Waals surface area contributed by atoms with E-state index in [1.807, 2.05) is 68.4 Å². The minimum atomic E-state index is -0.569. The molecule has 1 aliphatic heterocycles. The van der Waals surface area contributed by atoms with Gasteiger partial charge in [0.15, 0.2) is 0 Å². The third-order valence-electron chi connectivity index (χ3n) is 5.54. The molecule has 0 spiro atoms. The summed E-state index contributed by atoms with van der Waals surface area (Å²) in [4.78, 5) is 44.2. The fraction of sp³-hybridized carbons (Fsp3) is 0.179. The first-order valence-electron chi connectivity index (χ1n) is 11.3. The lowest BCUT2D eigenvalue weighted by Gasteiger charge is -2.22. The van der Waals surface area contributed by atoms with E-state index in [2.05, 4.69) is 0 Å². The number of hydrogen-bond donors (Lipinski definition) is 0. The van der Waals surface area contributed by atoms with E-state index < -0.39 is 17.8 Å². The molecule has 0 unspecified atom stereocenters. The number of likely N-dealkylation sites (N-methyl/N-ethyl adjacent to an activating group) is 1. The molecule has 0 saturated heterocycles. The Labute approximate surface area is 209 Å². The van der Waals surface area contributed by atoms with Crippen molar-refractivity contribution in [3.05, 3.63) is 101 Å². The highest BCUT2D eigenvalue weighted by atomic mass is 32.2. The smallest absolute Gasteiger partial charge is 0.340 e. The number of anilines is 2. The predicted octanol–water partition coefficient (Wildman–Crippen LogP) is 5.58. The van der Waals surface area contributed by atoms with E-state index in [1.54, 1.807) is 36.2 Å². The van der Waals surface area contributed by atoms with E-state index in [4.69, 9.17) is 4.74 Å². The fourth-order valence-electron chi connectivity index (χ4n) is 3.72. The van der Waals surface area contributed by atoms with Gasteiger partial charge >= 0.3 is 5.97 Å². The Morgan fingerprint density at radius 1 is 0.914 bits per heavy atom. The van der Waals surface area contributed by atoms with Crippen LogP contribution in [0.15, 0.2) is 94.4 Å². The summed E-state index contributed by atoms with van der Waals surface area (Å²) in [5.41, 5.74) is 2.50. The molecule has 178 valence electrons. The molecule has 3 aromatic rings. The summed E-state index contributed by atoms with van der Waals surface area (Å²) in [5, 5.41) is 0. The highest BCUT2D eigenvalue weighted by Gasteiger charge is 2.43. The molecule has 0 N–H and O–H groups in total. The largest absolute Gasteiger partial charge is 0.462 e. The molecule has 0 aromatic heterocycles. The number of carbonyl (C=O) groups is 3. The Kier molecular flexibility index (Phi) is 7.36. The van der Waals surface area contributed by atoms with Crippen LogP contribution in [0.2, 0.25) is 0 Å². The second-order valence-electron chi connectivity index (χ2n) is 8.09. The monoisotopic (exact) mass is 486 g/mol. The quantitative estimate of drug-likeness (QED) is 0.306. The molecule has 0 radical (unpaired) electrons. The molecular weight excluding hydrogens is 460 g/mol. The lowest BCUT2D eigenvalue weighted by molar-refractivity contribution is -0.120. The van der Waals surface area contributed by atoms with Crippen LogP contribution in [0, 0.1) is 6.92 Å². The summed E-state index contributed by atoms with van der Waals surface area (Å²) in [6.07, 6.45) is 0.667. The van der Waals surface area contributed by atoms with Crippen molar-refractivity contribution < 1.29 is 19.1 Å².